The van der Waals surface area contributed by atoms with E-state index < -0.39 is 18.5 Å². The van der Waals surface area contributed by atoms with Gasteiger partial charge in [0.25, 0.3) is 5.91 Å². The van der Waals surface area contributed by atoms with Crippen LogP contribution in [-0.2, 0) is 22.4 Å². The first-order valence-electron chi connectivity index (χ1n) is 12.5. The molecule has 196 valence electrons. The Labute approximate surface area is 222 Å². The second kappa shape index (κ2) is 11.0. The van der Waals surface area contributed by atoms with E-state index in [9.17, 15) is 9.59 Å². The van der Waals surface area contributed by atoms with Crippen LogP contribution in [0.5, 0.6) is 11.5 Å². The maximum absolute atomic E-state index is 13.5. The van der Waals surface area contributed by atoms with Gasteiger partial charge in [0.2, 0.25) is 0 Å². The summed E-state index contributed by atoms with van der Waals surface area (Å²) in [4.78, 5) is 31.1. The second-order valence-corrected chi connectivity index (χ2v) is 10.4. The number of halogens is 1. The molecule has 2 aromatic carbocycles. The van der Waals surface area contributed by atoms with Gasteiger partial charge in [0.1, 0.15) is 11.5 Å². The fourth-order valence-corrected chi connectivity index (χ4v) is 5.17. The van der Waals surface area contributed by atoms with E-state index >= 15 is 0 Å². The van der Waals surface area contributed by atoms with Crippen LogP contribution in [-0.4, -0.2) is 37.7 Å². The van der Waals surface area contributed by atoms with Gasteiger partial charge in [0.05, 0.1) is 36.0 Å². The lowest BCUT2D eigenvalue weighted by Crippen LogP contribution is -2.31. The lowest BCUT2D eigenvalue weighted by Gasteiger charge is -2.37. The maximum Gasteiger partial charge on any atom is 0.339 e. The number of aromatic nitrogens is 1. The van der Waals surface area contributed by atoms with Crippen molar-refractivity contribution >= 4 is 40.1 Å². The predicted molar refractivity (Wildman–Crippen MR) is 145 cm³/mol. The van der Waals surface area contributed by atoms with Crippen molar-refractivity contribution < 1.29 is 23.8 Å². The SMILES string of the molecule is CCC(C)(C)C1CCc2nc3ccccc3c(C(=O)OCC(=O)Nc3cc(Cl)c(OC)cc3OC)c2C1. The van der Waals surface area contributed by atoms with Gasteiger partial charge in [-0.2, -0.15) is 0 Å². The molecule has 3 aromatic rings. The number of esters is 1. The van der Waals surface area contributed by atoms with Crippen LogP contribution >= 0.6 is 11.6 Å². The number of benzene rings is 2. The summed E-state index contributed by atoms with van der Waals surface area (Å²) in [6, 6.07) is 10.7. The monoisotopic (exact) mass is 524 g/mol. The van der Waals surface area contributed by atoms with Crippen molar-refractivity contribution in [2.24, 2.45) is 11.3 Å². The maximum atomic E-state index is 13.5. The fourth-order valence-electron chi connectivity index (χ4n) is 4.92. The normalized spacial score (nSPS) is 15.1. The van der Waals surface area contributed by atoms with Gasteiger partial charge in [-0.3, -0.25) is 9.78 Å². The number of amides is 1. The minimum absolute atomic E-state index is 0.142. The number of nitrogens with one attached hydrogen (secondary N) is 1. The highest BCUT2D eigenvalue weighted by Crippen LogP contribution is 2.41. The van der Waals surface area contributed by atoms with Gasteiger partial charge < -0.3 is 19.5 Å². The Kier molecular flexibility index (Phi) is 7.93. The molecule has 37 heavy (non-hydrogen) atoms. The third kappa shape index (κ3) is 5.52. The van der Waals surface area contributed by atoms with Crippen molar-refractivity contribution in [3.05, 3.63) is 58.2 Å². The van der Waals surface area contributed by atoms with E-state index in [2.05, 4.69) is 26.1 Å². The predicted octanol–water partition coefficient (Wildman–Crippen LogP) is 6.24. The number of rotatable bonds is 8. The number of anilines is 1. The number of para-hydroxylation sites is 1. The third-order valence-corrected chi connectivity index (χ3v) is 7.86. The van der Waals surface area contributed by atoms with Crippen LogP contribution in [0, 0.1) is 11.3 Å². The average Bonchev–Trinajstić information content (AvgIpc) is 2.90. The zero-order valence-corrected chi connectivity index (χ0v) is 22.7. The van der Waals surface area contributed by atoms with E-state index in [-0.39, 0.29) is 5.41 Å². The van der Waals surface area contributed by atoms with Gasteiger partial charge in [-0.1, -0.05) is 57.0 Å². The molecule has 0 saturated carbocycles. The second-order valence-electron chi connectivity index (χ2n) is 10.0. The molecule has 4 rings (SSSR count). The largest absolute Gasteiger partial charge is 0.495 e. The number of nitrogens with zero attached hydrogens (tertiary/aromatic N) is 1. The molecule has 0 radical (unpaired) electrons. The molecule has 0 fully saturated rings. The molecule has 0 aliphatic heterocycles. The van der Waals surface area contributed by atoms with Crippen molar-refractivity contribution in [1.29, 1.82) is 0 Å². The topological polar surface area (TPSA) is 86.8 Å². The van der Waals surface area contributed by atoms with Crippen LogP contribution in [0.2, 0.25) is 5.02 Å². The van der Waals surface area contributed by atoms with Crippen molar-refractivity contribution in [3.8, 4) is 11.5 Å². The van der Waals surface area contributed by atoms with Crippen LogP contribution < -0.4 is 14.8 Å². The van der Waals surface area contributed by atoms with E-state index in [1.807, 2.05) is 24.3 Å². The third-order valence-electron chi connectivity index (χ3n) is 7.56. The van der Waals surface area contributed by atoms with Crippen LogP contribution in [0.3, 0.4) is 0 Å². The van der Waals surface area contributed by atoms with Crippen LogP contribution in [0.25, 0.3) is 10.9 Å². The average molecular weight is 525 g/mol. The molecule has 0 bridgehead atoms. The lowest BCUT2D eigenvalue weighted by molar-refractivity contribution is -0.119. The summed E-state index contributed by atoms with van der Waals surface area (Å²) in [5.74, 6) is 0.182. The van der Waals surface area contributed by atoms with Gasteiger partial charge in [0.15, 0.2) is 6.61 Å². The summed E-state index contributed by atoms with van der Waals surface area (Å²) in [5.41, 5.74) is 3.63. The van der Waals surface area contributed by atoms with E-state index in [0.29, 0.717) is 33.7 Å². The molecule has 7 nitrogen and oxygen atoms in total. The number of carbonyl (C=O) groups is 2. The summed E-state index contributed by atoms with van der Waals surface area (Å²) in [5, 5.41) is 3.76. The standard InChI is InChI=1S/C29H33ClN2O5/c1-6-29(2,3)17-11-12-22-19(13-17)27(18-9-7-8-10-21(18)31-22)28(34)37-16-26(33)32-23-14-20(30)24(35-4)15-25(23)36-5/h7-10,14-15,17H,6,11-13,16H2,1-5H3,(H,32,33). The van der Waals surface area contributed by atoms with E-state index in [4.69, 9.17) is 30.8 Å². The number of carbonyl (C=O) groups excluding carboxylic acids is 2. The number of fused-ring (bicyclic) bond motifs is 2. The van der Waals surface area contributed by atoms with Gasteiger partial charge >= 0.3 is 5.97 Å². The molecule has 1 aliphatic carbocycles. The Morgan fingerprint density at radius 2 is 1.86 bits per heavy atom. The number of methoxy groups -OCH3 is 2. The molecule has 1 N–H and O–H groups in total. The highest BCUT2D eigenvalue weighted by Gasteiger charge is 2.34. The molecule has 1 atom stereocenters. The summed E-state index contributed by atoms with van der Waals surface area (Å²) in [6.07, 6.45) is 3.65. The van der Waals surface area contributed by atoms with E-state index in [1.165, 1.54) is 20.3 Å². The lowest BCUT2D eigenvalue weighted by atomic mass is 9.68. The van der Waals surface area contributed by atoms with Crippen molar-refractivity contribution in [2.75, 3.05) is 26.1 Å². The first-order chi connectivity index (χ1) is 17.7. The smallest absolute Gasteiger partial charge is 0.339 e. The summed E-state index contributed by atoms with van der Waals surface area (Å²) in [7, 11) is 2.97. The first kappa shape index (κ1) is 26.7. The zero-order valence-electron chi connectivity index (χ0n) is 21.9. The molecule has 1 heterocycles. The molecule has 1 aliphatic rings. The summed E-state index contributed by atoms with van der Waals surface area (Å²) < 4.78 is 16.1. The van der Waals surface area contributed by atoms with Crippen LogP contribution in [0.1, 0.15) is 55.2 Å². The van der Waals surface area contributed by atoms with Crippen molar-refractivity contribution in [1.82, 2.24) is 4.98 Å². The quantitative estimate of drug-likeness (QED) is 0.351. The fraction of sp³-hybridized carbons (Fsp3) is 0.414. The van der Waals surface area contributed by atoms with Crippen LogP contribution in [0.15, 0.2) is 36.4 Å². The molecule has 8 heteroatoms. The summed E-state index contributed by atoms with van der Waals surface area (Å²) in [6.45, 7) is 6.30. The number of pyridine rings is 1. The highest BCUT2D eigenvalue weighted by atomic mass is 35.5. The Morgan fingerprint density at radius 1 is 1.14 bits per heavy atom. The Balaban J connectivity index is 1.58. The highest BCUT2D eigenvalue weighted by molar-refractivity contribution is 6.32. The van der Waals surface area contributed by atoms with Gasteiger partial charge in [-0.05, 0) is 48.3 Å². The zero-order chi connectivity index (χ0) is 26.7. The van der Waals surface area contributed by atoms with E-state index in [1.54, 1.807) is 6.07 Å². The minimum atomic E-state index is -0.528. The number of aryl methyl sites for hydroxylation is 1. The molecular formula is C29H33ClN2O5. The molecule has 1 unspecified atom stereocenters. The van der Waals surface area contributed by atoms with Gasteiger partial charge in [-0.15, -0.1) is 0 Å². The number of hydrogen-bond donors (Lipinski definition) is 1. The Bertz CT molecular complexity index is 1340. The number of ether oxygens (including phenoxy) is 3. The van der Waals surface area contributed by atoms with Crippen LogP contribution in [0.4, 0.5) is 5.69 Å². The molecule has 0 spiro atoms. The van der Waals surface area contributed by atoms with Gasteiger partial charge in [-0.25, -0.2) is 4.79 Å². The molecule has 0 saturated heterocycles. The number of hydrogen-bond acceptors (Lipinski definition) is 6. The first-order valence-corrected chi connectivity index (χ1v) is 12.8. The summed E-state index contributed by atoms with van der Waals surface area (Å²) >= 11 is 6.20. The van der Waals surface area contributed by atoms with E-state index in [0.717, 1.165) is 47.8 Å². The molecule has 1 aromatic heterocycles. The Hall–Kier alpha value is -3.32. The molecule has 1 amide bonds. The van der Waals surface area contributed by atoms with Crippen molar-refractivity contribution in [3.63, 3.8) is 0 Å². The molecular weight excluding hydrogens is 492 g/mol. The van der Waals surface area contributed by atoms with Gasteiger partial charge in [0, 0.05) is 17.1 Å². The Morgan fingerprint density at radius 3 is 2.57 bits per heavy atom. The van der Waals surface area contributed by atoms with Crippen molar-refractivity contribution in [2.45, 2.75) is 46.5 Å². The minimum Gasteiger partial charge on any atom is -0.495 e.